The van der Waals surface area contributed by atoms with Crippen LogP contribution in [0.4, 0.5) is 0 Å². The molecule has 2 N–H and O–H groups in total. The summed E-state index contributed by atoms with van der Waals surface area (Å²) in [6.07, 6.45) is 3.50. The van der Waals surface area contributed by atoms with Crippen molar-refractivity contribution in [1.29, 1.82) is 0 Å². The smallest absolute Gasteiger partial charge is 0.307 e. The van der Waals surface area contributed by atoms with E-state index in [-0.39, 0.29) is 12.0 Å². The van der Waals surface area contributed by atoms with Crippen LogP contribution in [0.25, 0.3) is 0 Å². The Labute approximate surface area is 89.3 Å². The Morgan fingerprint density at radius 1 is 1.60 bits per heavy atom. The molecule has 0 bridgehead atoms. The second kappa shape index (κ2) is 5.46. The average Bonchev–Trinajstić information content (AvgIpc) is 2.26. The van der Waals surface area contributed by atoms with Crippen LogP contribution in [0.5, 0.6) is 0 Å². The number of nitrogens with one attached hydrogen (secondary N) is 1. The molecule has 1 aromatic heterocycles. The third-order valence-electron chi connectivity index (χ3n) is 2.34. The first-order chi connectivity index (χ1) is 7.11. The van der Waals surface area contributed by atoms with Gasteiger partial charge in [-0.15, -0.1) is 0 Å². The molecule has 0 aliphatic heterocycles. The molecule has 0 spiro atoms. The van der Waals surface area contributed by atoms with E-state index in [0.29, 0.717) is 6.54 Å². The molecule has 15 heavy (non-hydrogen) atoms. The van der Waals surface area contributed by atoms with Gasteiger partial charge in [-0.05, 0) is 18.6 Å². The van der Waals surface area contributed by atoms with E-state index in [2.05, 4.69) is 10.3 Å². The molecule has 0 aliphatic carbocycles. The first-order valence-electron chi connectivity index (χ1n) is 4.97. The van der Waals surface area contributed by atoms with Gasteiger partial charge in [0.05, 0.1) is 5.92 Å². The molecule has 1 heterocycles. The predicted octanol–water partition coefficient (Wildman–Crippen LogP) is 1.45. The van der Waals surface area contributed by atoms with E-state index in [4.69, 9.17) is 5.11 Å². The van der Waals surface area contributed by atoms with Crippen molar-refractivity contribution in [3.8, 4) is 0 Å². The Kier molecular flexibility index (Phi) is 4.24. The fourth-order valence-electron chi connectivity index (χ4n) is 1.19. The summed E-state index contributed by atoms with van der Waals surface area (Å²) in [5.41, 5.74) is 1.06. The molecular formula is C11H16N2O2. The minimum atomic E-state index is -0.777. The summed E-state index contributed by atoms with van der Waals surface area (Å²) in [7, 11) is 0. The van der Waals surface area contributed by atoms with Crippen LogP contribution in [0, 0.1) is 5.92 Å². The van der Waals surface area contributed by atoms with Crippen LogP contribution in [0.2, 0.25) is 0 Å². The van der Waals surface area contributed by atoms with E-state index in [1.54, 1.807) is 19.3 Å². The number of rotatable bonds is 5. The summed E-state index contributed by atoms with van der Waals surface area (Å²) in [5.74, 6) is -1.15. The highest BCUT2D eigenvalue weighted by Gasteiger charge is 2.12. The number of carboxylic acid groups (broad SMARTS) is 1. The molecule has 0 aliphatic rings. The van der Waals surface area contributed by atoms with Crippen molar-refractivity contribution >= 4 is 5.97 Å². The third kappa shape index (κ3) is 3.67. The molecule has 0 radical (unpaired) electrons. The van der Waals surface area contributed by atoms with Crippen molar-refractivity contribution in [1.82, 2.24) is 10.3 Å². The molecule has 0 aromatic carbocycles. The van der Waals surface area contributed by atoms with Crippen LogP contribution in [-0.2, 0) is 4.79 Å². The Hall–Kier alpha value is -1.42. The van der Waals surface area contributed by atoms with Gasteiger partial charge in [0.15, 0.2) is 0 Å². The lowest BCUT2D eigenvalue weighted by atomic mass is 10.1. The van der Waals surface area contributed by atoms with Crippen molar-refractivity contribution in [3.05, 3.63) is 30.1 Å². The standard InChI is InChI=1S/C11H16N2O2/c1-8(11(14)15)6-13-9(2)10-4-3-5-12-7-10/h3-5,7-9,13H,6H2,1-2H3,(H,14,15)/t8?,9-/m0/s1. The molecule has 4 heteroatoms. The van der Waals surface area contributed by atoms with Crippen molar-refractivity contribution in [3.63, 3.8) is 0 Å². The summed E-state index contributed by atoms with van der Waals surface area (Å²) in [6.45, 7) is 4.14. The van der Waals surface area contributed by atoms with Gasteiger partial charge in [0.25, 0.3) is 0 Å². The summed E-state index contributed by atoms with van der Waals surface area (Å²) in [6, 6.07) is 3.96. The van der Waals surface area contributed by atoms with E-state index in [1.165, 1.54) is 0 Å². The zero-order valence-electron chi connectivity index (χ0n) is 8.97. The summed E-state index contributed by atoms with van der Waals surface area (Å²) in [5, 5.41) is 11.9. The maximum absolute atomic E-state index is 10.6. The molecule has 82 valence electrons. The van der Waals surface area contributed by atoms with Gasteiger partial charge in [0.1, 0.15) is 0 Å². The highest BCUT2D eigenvalue weighted by Crippen LogP contribution is 2.10. The number of nitrogens with zero attached hydrogens (tertiary/aromatic N) is 1. The van der Waals surface area contributed by atoms with Crippen LogP contribution in [0.15, 0.2) is 24.5 Å². The molecule has 4 nitrogen and oxygen atoms in total. The van der Waals surface area contributed by atoms with E-state index < -0.39 is 5.97 Å². The Morgan fingerprint density at radius 3 is 2.87 bits per heavy atom. The number of carboxylic acids is 1. The van der Waals surface area contributed by atoms with Crippen LogP contribution < -0.4 is 5.32 Å². The molecule has 0 saturated heterocycles. The van der Waals surface area contributed by atoms with E-state index in [0.717, 1.165) is 5.56 Å². The van der Waals surface area contributed by atoms with Gasteiger partial charge < -0.3 is 10.4 Å². The summed E-state index contributed by atoms with van der Waals surface area (Å²) < 4.78 is 0. The van der Waals surface area contributed by atoms with Gasteiger partial charge in [-0.2, -0.15) is 0 Å². The number of aliphatic carboxylic acids is 1. The topological polar surface area (TPSA) is 62.2 Å². The summed E-state index contributed by atoms with van der Waals surface area (Å²) >= 11 is 0. The maximum Gasteiger partial charge on any atom is 0.307 e. The lowest BCUT2D eigenvalue weighted by molar-refractivity contribution is -0.140. The molecule has 1 rings (SSSR count). The number of carbonyl (C=O) groups is 1. The highest BCUT2D eigenvalue weighted by molar-refractivity contribution is 5.69. The van der Waals surface area contributed by atoms with Gasteiger partial charge in [-0.25, -0.2) is 0 Å². The zero-order chi connectivity index (χ0) is 11.3. The van der Waals surface area contributed by atoms with Crippen LogP contribution in [0.3, 0.4) is 0 Å². The maximum atomic E-state index is 10.6. The minimum absolute atomic E-state index is 0.125. The lowest BCUT2D eigenvalue weighted by Crippen LogP contribution is -2.28. The monoisotopic (exact) mass is 208 g/mol. The largest absolute Gasteiger partial charge is 0.481 e. The predicted molar refractivity (Wildman–Crippen MR) is 57.5 cm³/mol. The quantitative estimate of drug-likeness (QED) is 0.768. The van der Waals surface area contributed by atoms with Gasteiger partial charge in [-0.1, -0.05) is 13.0 Å². The van der Waals surface area contributed by atoms with Crippen molar-refractivity contribution in [2.24, 2.45) is 5.92 Å². The number of aromatic nitrogens is 1. The Bertz CT molecular complexity index is 314. The first kappa shape index (κ1) is 11.7. The zero-order valence-corrected chi connectivity index (χ0v) is 8.97. The van der Waals surface area contributed by atoms with Crippen molar-refractivity contribution in [2.75, 3.05) is 6.54 Å². The number of pyridine rings is 1. The van der Waals surface area contributed by atoms with Crippen LogP contribution in [-0.4, -0.2) is 22.6 Å². The molecule has 2 atom stereocenters. The van der Waals surface area contributed by atoms with Gasteiger partial charge in [-0.3, -0.25) is 9.78 Å². The SMILES string of the molecule is CC(CN[C@@H](C)c1cccnc1)C(=O)O. The fraction of sp³-hybridized carbons (Fsp3) is 0.455. The Balaban J connectivity index is 2.43. The van der Waals surface area contributed by atoms with Crippen molar-refractivity contribution in [2.45, 2.75) is 19.9 Å². The third-order valence-corrected chi connectivity index (χ3v) is 2.34. The number of hydrogen-bond donors (Lipinski definition) is 2. The Morgan fingerprint density at radius 2 is 2.33 bits per heavy atom. The van der Waals surface area contributed by atoms with E-state index >= 15 is 0 Å². The first-order valence-corrected chi connectivity index (χ1v) is 4.97. The van der Waals surface area contributed by atoms with E-state index in [1.807, 2.05) is 19.1 Å². The molecule has 1 aromatic rings. The average molecular weight is 208 g/mol. The van der Waals surface area contributed by atoms with Gasteiger partial charge in [0, 0.05) is 25.0 Å². The van der Waals surface area contributed by atoms with Crippen molar-refractivity contribution < 1.29 is 9.90 Å². The summed E-state index contributed by atoms with van der Waals surface area (Å²) in [4.78, 5) is 14.6. The minimum Gasteiger partial charge on any atom is -0.481 e. The molecule has 0 amide bonds. The lowest BCUT2D eigenvalue weighted by Gasteiger charge is -2.15. The van der Waals surface area contributed by atoms with Crippen LogP contribution >= 0.6 is 0 Å². The number of hydrogen-bond acceptors (Lipinski definition) is 3. The van der Waals surface area contributed by atoms with Crippen LogP contribution in [0.1, 0.15) is 25.5 Å². The van der Waals surface area contributed by atoms with Gasteiger partial charge in [0.2, 0.25) is 0 Å². The van der Waals surface area contributed by atoms with Gasteiger partial charge >= 0.3 is 5.97 Å². The molecule has 0 saturated carbocycles. The fourth-order valence-corrected chi connectivity index (χ4v) is 1.19. The second-order valence-electron chi connectivity index (χ2n) is 3.66. The molecular weight excluding hydrogens is 192 g/mol. The van der Waals surface area contributed by atoms with E-state index in [9.17, 15) is 4.79 Å². The highest BCUT2D eigenvalue weighted by atomic mass is 16.4. The second-order valence-corrected chi connectivity index (χ2v) is 3.66. The normalized spacial score (nSPS) is 14.5. The molecule has 1 unspecified atom stereocenters. The molecule has 0 fully saturated rings.